The first-order chi connectivity index (χ1) is 16.2. The molecule has 1 aliphatic rings. The summed E-state index contributed by atoms with van der Waals surface area (Å²) in [5, 5.41) is 3.95. The second-order valence-corrected chi connectivity index (χ2v) is 9.79. The summed E-state index contributed by atoms with van der Waals surface area (Å²) in [7, 11) is 0. The van der Waals surface area contributed by atoms with E-state index in [0.717, 1.165) is 33.1 Å². The average Bonchev–Trinajstić information content (AvgIpc) is 3.29. The first-order valence-electron chi connectivity index (χ1n) is 11.6. The van der Waals surface area contributed by atoms with E-state index in [1.54, 1.807) is 11.3 Å². The molecule has 4 aromatic rings. The fourth-order valence-electron chi connectivity index (χ4n) is 4.54. The lowest BCUT2D eigenvalue weighted by molar-refractivity contribution is -0.118. The first kappa shape index (κ1) is 21.7. The van der Waals surface area contributed by atoms with Crippen molar-refractivity contribution in [3.05, 3.63) is 77.9 Å². The molecular formula is C28H28N2O2S. The molecule has 1 saturated carbocycles. The van der Waals surface area contributed by atoms with E-state index in [0.29, 0.717) is 5.92 Å². The highest BCUT2D eigenvalue weighted by molar-refractivity contribution is 7.21. The molecule has 168 valence electrons. The van der Waals surface area contributed by atoms with Gasteiger partial charge in [-0.3, -0.25) is 4.79 Å². The van der Waals surface area contributed by atoms with Gasteiger partial charge in [0.2, 0.25) is 0 Å². The van der Waals surface area contributed by atoms with Crippen LogP contribution in [0, 0.1) is 6.92 Å². The maximum absolute atomic E-state index is 12.5. The highest BCUT2D eigenvalue weighted by Crippen LogP contribution is 2.34. The summed E-state index contributed by atoms with van der Waals surface area (Å²) in [6, 6.07) is 22.4. The van der Waals surface area contributed by atoms with E-state index in [4.69, 9.17) is 9.72 Å². The van der Waals surface area contributed by atoms with Crippen LogP contribution in [-0.4, -0.2) is 17.5 Å². The van der Waals surface area contributed by atoms with Gasteiger partial charge in [0.1, 0.15) is 10.8 Å². The number of thiazole rings is 1. The van der Waals surface area contributed by atoms with E-state index in [1.807, 2.05) is 49.4 Å². The van der Waals surface area contributed by atoms with Crippen LogP contribution in [0.1, 0.15) is 49.1 Å². The molecule has 5 heteroatoms. The summed E-state index contributed by atoms with van der Waals surface area (Å²) in [5.41, 5.74) is 5.24. The lowest BCUT2D eigenvalue weighted by Gasteiger charge is -2.22. The number of ether oxygens (including phenoxy) is 1. The zero-order valence-corrected chi connectivity index (χ0v) is 19.7. The van der Waals surface area contributed by atoms with E-state index in [2.05, 4.69) is 29.6 Å². The fraction of sp³-hybridized carbons (Fsp3) is 0.286. The summed E-state index contributed by atoms with van der Waals surface area (Å²) in [5.74, 6) is 1.24. The number of para-hydroxylation sites is 1. The van der Waals surface area contributed by atoms with Gasteiger partial charge in [0.25, 0.3) is 5.91 Å². The lowest BCUT2D eigenvalue weighted by Crippen LogP contribution is -2.20. The number of amides is 1. The monoisotopic (exact) mass is 456 g/mol. The summed E-state index contributed by atoms with van der Waals surface area (Å²) >= 11 is 1.68. The first-order valence-corrected chi connectivity index (χ1v) is 12.5. The molecule has 0 atom stereocenters. The Hall–Kier alpha value is -3.18. The van der Waals surface area contributed by atoms with E-state index >= 15 is 0 Å². The van der Waals surface area contributed by atoms with Crippen molar-refractivity contribution in [3.63, 3.8) is 0 Å². The molecular weight excluding hydrogens is 428 g/mol. The molecule has 1 aromatic heterocycles. The maximum Gasteiger partial charge on any atom is 0.262 e. The van der Waals surface area contributed by atoms with Crippen LogP contribution in [0.3, 0.4) is 0 Å². The number of anilines is 1. The SMILES string of the molecule is Cc1cc(-c2nc3ccccc3s2)ccc1NC(=O)COc1ccc(C2CCCCC2)cc1. The number of nitrogens with zero attached hydrogens (tertiary/aromatic N) is 1. The zero-order chi connectivity index (χ0) is 22.6. The Morgan fingerprint density at radius 3 is 2.58 bits per heavy atom. The Kier molecular flexibility index (Phi) is 6.40. The normalized spacial score (nSPS) is 14.3. The minimum Gasteiger partial charge on any atom is -0.484 e. The molecule has 3 aromatic carbocycles. The van der Waals surface area contributed by atoms with Crippen molar-refractivity contribution in [2.24, 2.45) is 0 Å². The predicted octanol–water partition coefficient (Wildman–Crippen LogP) is 7.34. The fourth-order valence-corrected chi connectivity index (χ4v) is 5.50. The van der Waals surface area contributed by atoms with Crippen molar-refractivity contribution in [3.8, 4) is 16.3 Å². The lowest BCUT2D eigenvalue weighted by atomic mass is 9.84. The van der Waals surface area contributed by atoms with E-state index in [9.17, 15) is 4.79 Å². The van der Waals surface area contributed by atoms with Crippen molar-refractivity contribution in [2.45, 2.75) is 44.9 Å². The number of aryl methyl sites for hydroxylation is 1. The number of carbonyl (C=O) groups is 1. The second kappa shape index (κ2) is 9.75. The average molecular weight is 457 g/mol. The van der Waals surface area contributed by atoms with Gasteiger partial charge in [-0.25, -0.2) is 4.98 Å². The zero-order valence-electron chi connectivity index (χ0n) is 18.8. The topological polar surface area (TPSA) is 51.2 Å². The van der Waals surface area contributed by atoms with Gasteiger partial charge in [0, 0.05) is 11.3 Å². The number of rotatable bonds is 6. The van der Waals surface area contributed by atoms with E-state index in [1.165, 1.54) is 42.4 Å². The van der Waals surface area contributed by atoms with Crippen LogP contribution in [0.15, 0.2) is 66.7 Å². The number of hydrogen-bond acceptors (Lipinski definition) is 4. The van der Waals surface area contributed by atoms with Crippen molar-refractivity contribution >= 4 is 33.1 Å². The molecule has 4 nitrogen and oxygen atoms in total. The van der Waals surface area contributed by atoms with Gasteiger partial charge < -0.3 is 10.1 Å². The van der Waals surface area contributed by atoms with Crippen molar-refractivity contribution in [1.82, 2.24) is 4.98 Å². The van der Waals surface area contributed by atoms with Crippen LogP contribution in [0.25, 0.3) is 20.8 Å². The Labute approximate surface area is 198 Å². The Morgan fingerprint density at radius 2 is 1.82 bits per heavy atom. The predicted molar refractivity (Wildman–Crippen MR) is 136 cm³/mol. The number of hydrogen-bond donors (Lipinski definition) is 1. The largest absolute Gasteiger partial charge is 0.484 e. The van der Waals surface area contributed by atoms with Crippen LogP contribution in [-0.2, 0) is 4.79 Å². The highest BCUT2D eigenvalue weighted by atomic mass is 32.1. The van der Waals surface area contributed by atoms with Crippen molar-refractivity contribution < 1.29 is 9.53 Å². The summed E-state index contributed by atoms with van der Waals surface area (Å²) in [4.78, 5) is 17.2. The molecule has 0 radical (unpaired) electrons. The Balaban J connectivity index is 1.18. The molecule has 1 heterocycles. The minimum atomic E-state index is -0.165. The van der Waals surface area contributed by atoms with E-state index < -0.39 is 0 Å². The molecule has 0 aliphatic heterocycles. The van der Waals surface area contributed by atoms with Gasteiger partial charge in [0.05, 0.1) is 10.2 Å². The molecule has 33 heavy (non-hydrogen) atoms. The molecule has 0 spiro atoms. The molecule has 0 saturated heterocycles. The van der Waals surface area contributed by atoms with Gasteiger partial charge in [-0.1, -0.05) is 43.5 Å². The third-order valence-corrected chi connectivity index (χ3v) is 7.45. The summed E-state index contributed by atoms with van der Waals surface area (Å²) in [6.45, 7) is 1.99. The third-order valence-electron chi connectivity index (χ3n) is 6.37. The van der Waals surface area contributed by atoms with Gasteiger partial charge in [-0.15, -0.1) is 11.3 Å². The number of carbonyl (C=O) groups excluding carboxylic acids is 1. The minimum absolute atomic E-state index is 0.0121. The second-order valence-electron chi connectivity index (χ2n) is 8.76. The van der Waals surface area contributed by atoms with Gasteiger partial charge in [-0.05, 0) is 79.3 Å². The maximum atomic E-state index is 12.5. The molecule has 1 amide bonds. The quantitative estimate of drug-likeness (QED) is 0.330. The number of nitrogens with one attached hydrogen (secondary N) is 1. The Morgan fingerprint density at radius 1 is 1.03 bits per heavy atom. The van der Waals surface area contributed by atoms with E-state index in [-0.39, 0.29) is 12.5 Å². The van der Waals surface area contributed by atoms with Crippen molar-refractivity contribution in [1.29, 1.82) is 0 Å². The molecule has 5 rings (SSSR count). The molecule has 1 aliphatic carbocycles. The van der Waals surface area contributed by atoms with Crippen molar-refractivity contribution in [2.75, 3.05) is 11.9 Å². The molecule has 1 fully saturated rings. The Bertz CT molecular complexity index is 1220. The third kappa shape index (κ3) is 5.09. The standard InChI is InChI=1S/C28H28N2O2S/c1-19-17-22(28-30-25-9-5-6-10-26(25)33-28)13-16-24(19)29-27(31)18-32-23-14-11-21(12-15-23)20-7-3-2-4-8-20/h5-6,9-17,20H,2-4,7-8,18H2,1H3,(H,29,31). The van der Waals surface area contributed by atoms with Gasteiger partial charge in [0.15, 0.2) is 6.61 Å². The number of fused-ring (bicyclic) bond motifs is 1. The van der Waals surface area contributed by atoms with Crippen LogP contribution in [0.5, 0.6) is 5.75 Å². The van der Waals surface area contributed by atoms with Crippen LogP contribution in [0.2, 0.25) is 0 Å². The van der Waals surface area contributed by atoms with Crippen LogP contribution >= 0.6 is 11.3 Å². The molecule has 1 N–H and O–H groups in total. The summed E-state index contributed by atoms with van der Waals surface area (Å²) in [6.07, 6.45) is 6.56. The number of aromatic nitrogens is 1. The molecule has 0 bridgehead atoms. The highest BCUT2D eigenvalue weighted by Gasteiger charge is 2.15. The smallest absolute Gasteiger partial charge is 0.262 e. The van der Waals surface area contributed by atoms with Gasteiger partial charge in [-0.2, -0.15) is 0 Å². The van der Waals surface area contributed by atoms with Crippen LogP contribution in [0.4, 0.5) is 5.69 Å². The van der Waals surface area contributed by atoms with Gasteiger partial charge >= 0.3 is 0 Å². The summed E-state index contributed by atoms with van der Waals surface area (Å²) < 4.78 is 6.90. The molecule has 0 unspecified atom stereocenters. The van der Waals surface area contributed by atoms with Crippen LogP contribution < -0.4 is 10.1 Å². The number of benzene rings is 3.